The number of nitrogens with zero attached hydrogens (tertiary/aromatic N) is 4. The molecule has 2 aliphatic rings. The summed E-state index contributed by atoms with van der Waals surface area (Å²) in [6, 6.07) is 1.69. The maximum atomic E-state index is 13.0. The van der Waals surface area contributed by atoms with Gasteiger partial charge in [-0.05, 0) is 46.5 Å². The van der Waals surface area contributed by atoms with Crippen LogP contribution in [0.2, 0.25) is 0 Å². The van der Waals surface area contributed by atoms with Crippen LogP contribution in [-0.2, 0) is 6.42 Å². The summed E-state index contributed by atoms with van der Waals surface area (Å²) in [5, 5.41) is 0. The van der Waals surface area contributed by atoms with E-state index in [2.05, 4.69) is 28.7 Å². The minimum absolute atomic E-state index is 0.109. The van der Waals surface area contributed by atoms with Crippen LogP contribution in [-0.4, -0.2) is 56.9 Å². The number of rotatable bonds is 3. The topological polar surface area (TPSA) is 49.3 Å². The first-order valence-electron chi connectivity index (χ1n) is 8.90. The molecule has 0 N–H and O–H groups in total. The Hall–Kier alpha value is -1.49. The SMILES string of the molecule is CCc1nc(C)ncc1C(=O)N1CC[C@H]2CC[C@@H](C1)N2C(C)C. The molecule has 3 heterocycles. The minimum atomic E-state index is 0.109. The molecule has 5 nitrogen and oxygen atoms in total. The van der Waals surface area contributed by atoms with Gasteiger partial charge in [0, 0.05) is 37.4 Å². The largest absolute Gasteiger partial charge is 0.337 e. The van der Waals surface area contributed by atoms with Crippen molar-refractivity contribution in [2.75, 3.05) is 13.1 Å². The number of likely N-dealkylation sites (tertiary alicyclic amines) is 1. The molecule has 1 aromatic heterocycles. The third-order valence-electron chi connectivity index (χ3n) is 5.28. The standard InChI is InChI=1S/C18H28N4O/c1-5-17-16(10-19-13(4)20-17)18(23)21-9-8-14-6-7-15(11-21)22(14)12(2)3/h10,12,14-15H,5-9,11H2,1-4H3/t14-,15+/m1/s1. The number of amides is 1. The van der Waals surface area contributed by atoms with E-state index in [1.165, 1.54) is 12.8 Å². The second kappa shape index (κ2) is 6.56. The fourth-order valence-corrected chi connectivity index (χ4v) is 4.27. The van der Waals surface area contributed by atoms with E-state index >= 15 is 0 Å². The van der Waals surface area contributed by atoms with Crippen LogP contribution in [0.3, 0.4) is 0 Å². The lowest BCUT2D eigenvalue weighted by Crippen LogP contribution is -2.44. The lowest BCUT2D eigenvalue weighted by Gasteiger charge is -2.32. The zero-order valence-corrected chi connectivity index (χ0v) is 14.7. The molecule has 0 aliphatic carbocycles. The van der Waals surface area contributed by atoms with Crippen LogP contribution in [0.4, 0.5) is 0 Å². The van der Waals surface area contributed by atoms with E-state index in [9.17, 15) is 4.79 Å². The molecule has 5 heteroatoms. The van der Waals surface area contributed by atoms with E-state index in [0.29, 0.717) is 23.7 Å². The highest BCUT2D eigenvalue weighted by Gasteiger charge is 2.39. The van der Waals surface area contributed by atoms with Gasteiger partial charge in [0.2, 0.25) is 0 Å². The van der Waals surface area contributed by atoms with Crippen LogP contribution < -0.4 is 0 Å². The summed E-state index contributed by atoms with van der Waals surface area (Å²) in [4.78, 5) is 26.4. The fourth-order valence-electron chi connectivity index (χ4n) is 4.27. The molecule has 0 unspecified atom stereocenters. The van der Waals surface area contributed by atoms with Crippen molar-refractivity contribution < 1.29 is 4.79 Å². The molecule has 2 atom stereocenters. The number of hydrogen-bond acceptors (Lipinski definition) is 4. The lowest BCUT2D eigenvalue weighted by molar-refractivity contribution is 0.0726. The minimum Gasteiger partial charge on any atom is -0.337 e. The van der Waals surface area contributed by atoms with Gasteiger partial charge in [-0.15, -0.1) is 0 Å². The second-order valence-electron chi connectivity index (χ2n) is 7.10. The molecule has 2 aliphatic heterocycles. The van der Waals surface area contributed by atoms with Crippen LogP contribution in [0, 0.1) is 6.92 Å². The number of hydrogen-bond donors (Lipinski definition) is 0. The van der Waals surface area contributed by atoms with Gasteiger partial charge in [-0.3, -0.25) is 9.69 Å². The van der Waals surface area contributed by atoms with Gasteiger partial charge in [0.25, 0.3) is 5.91 Å². The Balaban J connectivity index is 1.81. The Kier molecular flexibility index (Phi) is 4.67. The molecule has 2 bridgehead atoms. The summed E-state index contributed by atoms with van der Waals surface area (Å²) < 4.78 is 0. The van der Waals surface area contributed by atoms with E-state index in [-0.39, 0.29) is 5.91 Å². The van der Waals surface area contributed by atoms with Gasteiger partial charge in [0.15, 0.2) is 0 Å². The number of carbonyl (C=O) groups is 1. The number of carbonyl (C=O) groups excluding carboxylic acids is 1. The molecule has 0 aromatic carbocycles. The molecule has 1 aromatic rings. The van der Waals surface area contributed by atoms with Crippen molar-refractivity contribution in [3.8, 4) is 0 Å². The van der Waals surface area contributed by atoms with Crippen molar-refractivity contribution in [2.45, 2.75) is 71.5 Å². The van der Waals surface area contributed by atoms with Crippen LogP contribution in [0.1, 0.15) is 61.9 Å². The zero-order chi connectivity index (χ0) is 16.6. The molecule has 1 amide bonds. The average molecular weight is 316 g/mol. The summed E-state index contributed by atoms with van der Waals surface area (Å²) in [7, 11) is 0. The van der Waals surface area contributed by atoms with Gasteiger partial charge in [-0.25, -0.2) is 9.97 Å². The predicted molar refractivity (Wildman–Crippen MR) is 90.5 cm³/mol. The summed E-state index contributed by atoms with van der Waals surface area (Å²) in [6.07, 6.45) is 6.04. The third-order valence-corrected chi connectivity index (χ3v) is 5.28. The summed E-state index contributed by atoms with van der Waals surface area (Å²) in [6.45, 7) is 10.1. The van der Waals surface area contributed by atoms with Crippen molar-refractivity contribution in [2.24, 2.45) is 0 Å². The monoisotopic (exact) mass is 316 g/mol. The van der Waals surface area contributed by atoms with Gasteiger partial charge < -0.3 is 4.90 Å². The summed E-state index contributed by atoms with van der Waals surface area (Å²) in [5.41, 5.74) is 1.56. The van der Waals surface area contributed by atoms with Gasteiger partial charge in [0.1, 0.15) is 5.82 Å². The Morgan fingerprint density at radius 2 is 2.04 bits per heavy atom. The normalized spacial score (nSPS) is 25.0. The van der Waals surface area contributed by atoms with E-state index in [1.54, 1.807) is 6.20 Å². The molecule has 2 saturated heterocycles. The predicted octanol–water partition coefficient (Wildman–Crippen LogP) is 2.43. The molecule has 126 valence electrons. The molecule has 2 fully saturated rings. The highest BCUT2D eigenvalue weighted by Crippen LogP contribution is 2.32. The third kappa shape index (κ3) is 3.11. The first-order valence-corrected chi connectivity index (χ1v) is 8.90. The van der Waals surface area contributed by atoms with Gasteiger partial charge >= 0.3 is 0 Å². The molecular weight excluding hydrogens is 288 g/mol. The lowest BCUT2D eigenvalue weighted by atomic mass is 10.1. The van der Waals surface area contributed by atoms with Crippen molar-refractivity contribution in [3.63, 3.8) is 0 Å². The number of aryl methyl sites for hydroxylation is 2. The van der Waals surface area contributed by atoms with E-state index < -0.39 is 0 Å². The molecule has 0 spiro atoms. The van der Waals surface area contributed by atoms with Crippen LogP contribution in [0.25, 0.3) is 0 Å². The van der Waals surface area contributed by atoms with Gasteiger partial charge in [-0.2, -0.15) is 0 Å². The summed E-state index contributed by atoms with van der Waals surface area (Å²) in [5.74, 6) is 0.845. The average Bonchev–Trinajstić information content (AvgIpc) is 2.81. The zero-order valence-electron chi connectivity index (χ0n) is 14.7. The fraction of sp³-hybridized carbons (Fsp3) is 0.722. The van der Waals surface area contributed by atoms with Crippen LogP contribution >= 0.6 is 0 Å². The maximum Gasteiger partial charge on any atom is 0.257 e. The van der Waals surface area contributed by atoms with Gasteiger partial charge in [0.05, 0.1) is 11.3 Å². The first-order chi connectivity index (χ1) is 11.0. The highest BCUT2D eigenvalue weighted by atomic mass is 16.2. The second-order valence-corrected chi connectivity index (χ2v) is 7.10. The smallest absolute Gasteiger partial charge is 0.257 e. The highest BCUT2D eigenvalue weighted by molar-refractivity contribution is 5.95. The quantitative estimate of drug-likeness (QED) is 0.859. The Morgan fingerprint density at radius 3 is 2.74 bits per heavy atom. The number of aromatic nitrogens is 2. The Morgan fingerprint density at radius 1 is 1.30 bits per heavy atom. The molecule has 0 radical (unpaired) electrons. The van der Waals surface area contributed by atoms with Crippen molar-refractivity contribution in [1.29, 1.82) is 0 Å². The molecule has 0 saturated carbocycles. The van der Waals surface area contributed by atoms with Crippen molar-refractivity contribution >= 4 is 5.91 Å². The summed E-state index contributed by atoms with van der Waals surface area (Å²) >= 11 is 0. The Labute approximate surface area is 139 Å². The molecule has 3 rings (SSSR count). The molecular formula is C18H28N4O. The first kappa shape index (κ1) is 16.4. The van der Waals surface area contributed by atoms with Gasteiger partial charge in [-0.1, -0.05) is 6.92 Å². The van der Waals surface area contributed by atoms with E-state index in [0.717, 1.165) is 37.4 Å². The maximum absolute atomic E-state index is 13.0. The van der Waals surface area contributed by atoms with E-state index in [1.807, 2.05) is 18.7 Å². The van der Waals surface area contributed by atoms with Crippen LogP contribution in [0.5, 0.6) is 0 Å². The van der Waals surface area contributed by atoms with Crippen LogP contribution in [0.15, 0.2) is 6.20 Å². The van der Waals surface area contributed by atoms with Crippen molar-refractivity contribution in [3.05, 3.63) is 23.3 Å². The Bertz CT molecular complexity index is 586. The van der Waals surface area contributed by atoms with E-state index in [4.69, 9.17) is 0 Å². The number of fused-ring (bicyclic) bond motifs is 2. The molecule has 23 heavy (non-hydrogen) atoms. The van der Waals surface area contributed by atoms with Crippen molar-refractivity contribution in [1.82, 2.24) is 19.8 Å².